The van der Waals surface area contributed by atoms with Crippen LogP contribution in [-0.4, -0.2) is 31.0 Å². The van der Waals surface area contributed by atoms with E-state index in [0.717, 1.165) is 6.92 Å². The fourth-order valence-electron chi connectivity index (χ4n) is 0.989. The Labute approximate surface area is 92.9 Å². The van der Waals surface area contributed by atoms with E-state index in [1.807, 2.05) is 0 Å². The number of nitrogens with zero attached hydrogens (tertiary/aromatic N) is 4. The van der Waals surface area contributed by atoms with Gasteiger partial charge in [-0.25, -0.2) is 9.50 Å². The minimum Gasteiger partial charge on any atom is -0.220 e. The molecule has 0 amide bonds. The molecule has 16 heavy (non-hydrogen) atoms. The van der Waals surface area contributed by atoms with Gasteiger partial charge in [-0.1, -0.05) is 11.8 Å². The third kappa shape index (κ3) is 2.26. The van der Waals surface area contributed by atoms with E-state index in [-0.39, 0.29) is 5.16 Å². The normalized spacial score (nSPS) is 14.2. The molecule has 0 fully saturated rings. The minimum absolute atomic E-state index is 0.0727. The number of thioether (sulfide) groups is 1. The largest absolute Gasteiger partial charge is 0.400 e. The highest BCUT2D eigenvalue weighted by Crippen LogP contribution is 2.33. The zero-order valence-electron chi connectivity index (χ0n) is 8.14. The van der Waals surface area contributed by atoms with Gasteiger partial charge in [-0.2, -0.15) is 18.2 Å². The van der Waals surface area contributed by atoms with E-state index in [1.54, 1.807) is 12.3 Å². The number of rotatable bonds is 2. The molecule has 0 aliphatic heterocycles. The van der Waals surface area contributed by atoms with Crippen LogP contribution >= 0.6 is 11.8 Å². The predicted octanol–water partition coefficient (Wildman–Crippen LogP) is 2.17. The van der Waals surface area contributed by atoms with Crippen LogP contribution in [0.25, 0.3) is 5.78 Å². The lowest BCUT2D eigenvalue weighted by Gasteiger charge is -2.12. The maximum Gasteiger partial charge on any atom is 0.400 e. The van der Waals surface area contributed by atoms with Gasteiger partial charge >= 0.3 is 6.18 Å². The first kappa shape index (κ1) is 11.2. The van der Waals surface area contributed by atoms with Crippen molar-refractivity contribution < 1.29 is 13.2 Å². The quantitative estimate of drug-likeness (QED) is 0.764. The SMILES string of the molecule is CC(Sc1nc2ncccn2n1)C(F)(F)F. The molecule has 2 heterocycles. The van der Waals surface area contributed by atoms with Gasteiger partial charge in [0.05, 0.1) is 0 Å². The van der Waals surface area contributed by atoms with E-state index in [9.17, 15) is 13.2 Å². The first-order valence-corrected chi connectivity index (χ1v) is 5.25. The average Bonchev–Trinajstić information content (AvgIpc) is 2.58. The van der Waals surface area contributed by atoms with Crippen LogP contribution in [0.1, 0.15) is 6.92 Å². The van der Waals surface area contributed by atoms with Crippen LogP contribution in [0.2, 0.25) is 0 Å². The number of halogens is 3. The smallest absolute Gasteiger partial charge is 0.220 e. The molecule has 0 bridgehead atoms. The summed E-state index contributed by atoms with van der Waals surface area (Å²) in [6, 6.07) is 1.63. The Bertz CT molecular complexity index is 462. The first-order valence-electron chi connectivity index (χ1n) is 4.37. The second kappa shape index (κ2) is 3.93. The molecule has 0 aromatic carbocycles. The van der Waals surface area contributed by atoms with Crippen molar-refractivity contribution in [3.8, 4) is 0 Å². The molecule has 0 spiro atoms. The molecule has 86 valence electrons. The molecule has 0 radical (unpaired) electrons. The van der Waals surface area contributed by atoms with E-state index in [0.29, 0.717) is 17.5 Å². The molecule has 0 saturated heterocycles. The summed E-state index contributed by atoms with van der Waals surface area (Å²) < 4.78 is 38.2. The molecule has 2 rings (SSSR count). The molecule has 2 aromatic rings. The Morgan fingerprint density at radius 2 is 2.19 bits per heavy atom. The number of fused-ring (bicyclic) bond motifs is 1. The molecule has 8 heteroatoms. The van der Waals surface area contributed by atoms with Crippen molar-refractivity contribution in [3.05, 3.63) is 18.5 Å². The van der Waals surface area contributed by atoms with Gasteiger partial charge in [-0.05, 0) is 13.0 Å². The molecule has 0 aliphatic rings. The molecule has 1 atom stereocenters. The molecular formula is C8H7F3N4S. The zero-order valence-corrected chi connectivity index (χ0v) is 8.96. The van der Waals surface area contributed by atoms with Crippen LogP contribution in [0.3, 0.4) is 0 Å². The van der Waals surface area contributed by atoms with Gasteiger partial charge in [0.1, 0.15) is 5.25 Å². The van der Waals surface area contributed by atoms with E-state index in [2.05, 4.69) is 15.1 Å². The van der Waals surface area contributed by atoms with Crippen molar-refractivity contribution in [2.75, 3.05) is 0 Å². The van der Waals surface area contributed by atoms with Crippen LogP contribution < -0.4 is 0 Å². The molecule has 4 nitrogen and oxygen atoms in total. The van der Waals surface area contributed by atoms with E-state index < -0.39 is 11.4 Å². The zero-order chi connectivity index (χ0) is 11.8. The van der Waals surface area contributed by atoms with Gasteiger partial charge in [0.15, 0.2) is 0 Å². The fourth-order valence-corrected chi connectivity index (χ4v) is 1.71. The van der Waals surface area contributed by atoms with E-state index >= 15 is 0 Å². The fraction of sp³-hybridized carbons (Fsp3) is 0.375. The Balaban J connectivity index is 2.22. The number of aromatic nitrogens is 4. The second-order valence-electron chi connectivity index (χ2n) is 3.06. The van der Waals surface area contributed by atoms with Gasteiger partial charge in [0.25, 0.3) is 5.78 Å². The Morgan fingerprint density at radius 3 is 2.81 bits per heavy atom. The van der Waals surface area contributed by atoms with Gasteiger partial charge in [-0.15, -0.1) is 5.10 Å². The van der Waals surface area contributed by atoms with Crippen LogP contribution in [0, 0.1) is 0 Å². The van der Waals surface area contributed by atoms with Gasteiger partial charge in [0, 0.05) is 12.4 Å². The third-order valence-corrected chi connectivity index (χ3v) is 2.84. The van der Waals surface area contributed by atoms with Crippen molar-refractivity contribution in [2.45, 2.75) is 23.5 Å². The van der Waals surface area contributed by atoms with Crippen LogP contribution in [0.4, 0.5) is 13.2 Å². The summed E-state index contributed by atoms with van der Waals surface area (Å²) in [7, 11) is 0. The van der Waals surface area contributed by atoms with E-state index in [4.69, 9.17) is 0 Å². The van der Waals surface area contributed by atoms with Crippen molar-refractivity contribution in [2.24, 2.45) is 0 Å². The summed E-state index contributed by atoms with van der Waals surface area (Å²) in [5.74, 6) is 0.291. The number of hydrogen-bond donors (Lipinski definition) is 0. The van der Waals surface area contributed by atoms with Crippen molar-refractivity contribution in [3.63, 3.8) is 0 Å². The lowest BCUT2D eigenvalue weighted by molar-refractivity contribution is -0.125. The predicted molar refractivity (Wildman–Crippen MR) is 52.2 cm³/mol. The summed E-state index contributed by atoms with van der Waals surface area (Å²) in [6.45, 7) is 1.07. The highest BCUT2D eigenvalue weighted by Gasteiger charge is 2.37. The molecule has 0 saturated carbocycles. The maximum atomic E-state index is 12.3. The van der Waals surface area contributed by atoms with Crippen molar-refractivity contribution >= 4 is 17.5 Å². The van der Waals surface area contributed by atoms with Gasteiger partial charge in [0.2, 0.25) is 5.16 Å². The van der Waals surface area contributed by atoms with Crippen LogP contribution in [-0.2, 0) is 0 Å². The highest BCUT2D eigenvalue weighted by molar-refractivity contribution is 7.99. The van der Waals surface area contributed by atoms with E-state index in [1.165, 1.54) is 10.7 Å². The maximum absolute atomic E-state index is 12.3. The third-order valence-electron chi connectivity index (χ3n) is 1.84. The standard InChI is InChI=1S/C8H7F3N4S/c1-5(8(9,10)11)16-7-13-6-12-3-2-4-15(6)14-7/h2-5H,1H3. The lowest BCUT2D eigenvalue weighted by atomic mass is 10.5. The Hall–Kier alpha value is -1.31. The van der Waals surface area contributed by atoms with Crippen molar-refractivity contribution in [1.29, 1.82) is 0 Å². The van der Waals surface area contributed by atoms with Crippen LogP contribution in [0.5, 0.6) is 0 Å². The molecular weight excluding hydrogens is 241 g/mol. The highest BCUT2D eigenvalue weighted by atomic mass is 32.2. The molecule has 2 aromatic heterocycles. The molecule has 1 unspecified atom stereocenters. The van der Waals surface area contributed by atoms with Crippen LogP contribution in [0.15, 0.2) is 23.6 Å². The summed E-state index contributed by atoms with van der Waals surface area (Å²) in [5, 5.41) is 2.41. The van der Waals surface area contributed by atoms with Crippen molar-refractivity contribution in [1.82, 2.24) is 19.6 Å². The minimum atomic E-state index is -4.25. The summed E-state index contributed by atoms with van der Waals surface area (Å²) in [6.07, 6.45) is -1.17. The monoisotopic (exact) mass is 248 g/mol. The summed E-state index contributed by atoms with van der Waals surface area (Å²) in [5.41, 5.74) is 0. The number of alkyl halides is 3. The Morgan fingerprint density at radius 1 is 1.44 bits per heavy atom. The van der Waals surface area contributed by atoms with Gasteiger partial charge < -0.3 is 0 Å². The lowest BCUT2D eigenvalue weighted by Crippen LogP contribution is -2.22. The summed E-state index contributed by atoms with van der Waals surface area (Å²) in [4.78, 5) is 7.74. The summed E-state index contributed by atoms with van der Waals surface area (Å²) >= 11 is 0.568. The molecule has 0 aliphatic carbocycles. The van der Waals surface area contributed by atoms with Gasteiger partial charge in [-0.3, -0.25) is 0 Å². The first-order chi connectivity index (χ1) is 7.47. The topological polar surface area (TPSA) is 43.1 Å². The number of hydrogen-bond acceptors (Lipinski definition) is 4. The average molecular weight is 248 g/mol. The molecule has 0 N–H and O–H groups in total. The second-order valence-corrected chi connectivity index (χ2v) is 4.37. The Kier molecular flexibility index (Phi) is 2.75.